The van der Waals surface area contributed by atoms with Gasteiger partial charge in [0.25, 0.3) is 0 Å². The van der Waals surface area contributed by atoms with Crippen LogP contribution >= 0.6 is 0 Å². The summed E-state index contributed by atoms with van der Waals surface area (Å²) in [5.74, 6) is 1.39. The van der Waals surface area contributed by atoms with Crippen LogP contribution in [0.25, 0.3) is 11.3 Å². The average molecular weight is 286 g/mol. The quantitative estimate of drug-likeness (QED) is 0.931. The average Bonchev–Trinajstić information content (AvgIpc) is 2.98. The molecule has 0 aromatic carbocycles. The maximum atomic E-state index is 5.80. The van der Waals surface area contributed by atoms with Crippen LogP contribution in [0.1, 0.15) is 43.2 Å². The Morgan fingerprint density at radius 1 is 1.29 bits per heavy atom. The number of aromatic nitrogens is 3. The Bertz CT molecular complexity index is 645. The highest BCUT2D eigenvalue weighted by Crippen LogP contribution is 2.35. The Morgan fingerprint density at radius 2 is 2.19 bits per heavy atom. The zero-order valence-electron chi connectivity index (χ0n) is 12.0. The molecule has 1 N–H and O–H groups in total. The maximum absolute atomic E-state index is 5.80. The van der Waals surface area contributed by atoms with E-state index < -0.39 is 0 Å². The third kappa shape index (κ3) is 2.63. The monoisotopic (exact) mass is 286 g/mol. The summed E-state index contributed by atoms with van der Waals surface area (Å²) in [7, 11) is 0. The molecule has 0 spiro atoms. The summed E-state index contributed by atoms with van der Waals surface area (Å²) in [6.45, 7) is 2.69. The highest BCUT2D eigenvalue weighted by molar-refractivity contribution is 5.61. The summed E-state index contributed by atoms with van der Waals surface area (Å²) < 4.78 is 11.2. The molecule has 1 atom stereocenters. The SMILES string of the molecule is Cc1cc(-c2cnc(NC3CC3)nc2C2CCCO2)on1. The number of aryl methyl sites for hydroxylation is 1. The van der Waals surface area contributed by atoms with Crippen LogP contribution in [-0.2, 0) is 4.74 Å². The van der Waals surface area contributed by atoms with Gasteiger partial charge in [-0.25, -0.2) is 9.97 Å². The van der Waals surface area contributed by atoms with Gasteiger partial charge in [-0.1, -0.05) is 5.16 Å². The molecule has 3 heterocycles. The van der Waals surface area contributed by atoms with Crippen LogP contribution in [0.5, 0.6) is 0 Å². The largest absolute Gasteiger partial charge is 0.372 e. The van der Waals surface area contributed by atoms with Crippen molar-refractivity contribution in [2.75, 3.05) is 11.9 Å². The summed E-state index contributed by atoms with van der Waals surface area (Å²) in [6, 6.07) is 2.44. The molecule has 0 amide bonds. The molecule has 2 fully saturated rings. The van der Waals surface area contributed by atoms with E-state index in [9.17, 15) is 0 Å². The summed E-state index contributed by atoms with van der Waals surface area (Å²) >= 11 is 0. The van der Waals surface area contributed by atoms with Crippen molar-refractivity contribution >= 4 is 5.95 Å². The second-order valence-corrected chi connectivity index (χ2v) is 5.75. The van der Waals surface area contributed by atoms with Crippen molar-refractivity contribution < 1.29 is 9.26 Å². The summed E-state index contributed by atoms with van der Waals surface area (Å²) in [6.07, 6.45) is 6.28. The molecule has 2 aromatic heterocycles. The van der Waals surface area contributed by atoms with Gasteiger partial charge in [-0.05, 0) is 32.6 Å². The molecule has 4 rings (SSSR count). The number of ether oxygens (including phenoxy) is 1. The van der Waals surface area contributed by atoms with Crippen molar-refractivity contribution in [3.63, 3.8) is 0 Å². The minimum atomic E-state index is 0.0214. The van der Waals surface area contributed by atoms with Gasteiger partial charge < -0.3 is 14.6 Å². The zero-order valence-corrected chi connectivity index (χ0v) is 12.0. The van der Waals surface area contributed by atoms with Crippen LogP contribution in [0.2, 0.25) is 0 Å². The number of hydrogen-bond acceptors (Lipinski definition) is 6. The molecule has 21 heavy (non-hydrogen) atoms. The second kappa shape index (κ2) is 5.11. The van der Waals surface area contributed by atoms with Gasteiger partial charge in [0, 0.05) is 24.9 Å². The van der Waals surface area contributed by atoms with E-state index in [2.05, 4.69) is 20.4 Å². The Hall–Kier alpha value is -1.95. The van der Waals surface area contributed by atoms with Crippen LogP contribution < -0.4 is 5.32 Å². The van der Waals surface area contributed by atoms with Gasteiger partial charge in [0.05, 0.1) is 17.0 Å². The first-order valence-corrected chi connectivity index (χ1v) is 7.48. The number of hydrogen-bond donors (Lipinski definition) is 1. The number of anilines is 1. The van der Waals surface area contributed by atoms with Gasteiger partial charge in [-0.3, -0.25) is 0 Å². The fraction of sp³-hybridized carbons (Fsp3) is 0.533. The molecule has 2 aliphatic rings. The standard InChI is InChI=1S/C15H18N4O2/c1-9-7-13(21-19-9)11-8-16-15(17-10-4-5-10)18-14(11)12-3-2-6-20-12/h7-8,10,12H,2-6H2,1H3,(H,16,17,18). The van der Waals surface area contributed by atoms with E-state index in [0.29, 0.717) is 17.8 Å². The molecule has 1 aliphatic heterocycles. The number of nitrogens with one attached hydrogen (secondary N) is 1. The zero-order chi connectivity index (χ0) is 14.2. The molecule has 1 saturated heterocycles. The lowest BCUT2D eigenvalue weighted by Gasteiger charge is -2.14. The smallest absolute Gasteiger partial charge is 0.223 e. The van der Waals surface area contributed by atoms with Crippen molar-refractivity contribution in [1.82, 2.24) is 15.1 Å². The molecule has 0 bridgehead atoms. The second-order valence-electron chi connectivity index (χ2n) is 5.75. The topological polar surface area (TPSA) is 73.1 Å². The predicted molar refractivity (Wildman–Crippen MR) is 76.8 cm³/mol. The predicted octanol–water partition coefficient (Wildman–Crippen LogP) is 2.87. The Morgan fingerprint density at radius 3 is 2.86 bits per heavy atom. The van der Waals surface area contributed by atoms with Crippen molar-refractivity contribution in [2.24, 2.45) is 0 Å². The molecular weight excluding hydrogens is 268 g/mol. The molecular formula is C15H18N4O2. The number of rotatable bonds is 4. The van der Waals surface area contributed by atoms with Gasteiger partial charge in [0.1, 0.15) is 6.10 Å². The summed E-state index contributed by atoms with van der Waals surface area (Å²) in [5, 5.41) is 7.29. The molecule has 2 aromatic rings. The van der Waals surface area contributed by atoms with E-state index in [1.807, 2.05) is 19.2 Å². The lowest BCUT2D eigenvalue weighted by Crippen LogP contribution is -2.10. The van der Waals surface area contributed by atoms with E-state index in [1.165, 1.54) is 12.8 Å². The van der Waals surface area contributed by atoms with Gasteiger partial charge in [-0.15, -0.1) is 0 Å². The minimum Gasteiger partial charge on any atom is -0.372 e. The van der Waals surface area contributed by atoms with E-state index in [4.69, 9.17) is 9.26 Å². The van der Waals surface area contributed by atoms with Crippen molar-refractivity contribution in [2.45, 2.75) is 44.8 Å². The van der Waals surface area contributed by atoms with Crippen LogP contribution in [0.3, 0.4) is 0 Å². The summed E-state index contributed by atoms with van der Waals surface area (Å²) in [4.78, 5) is 9.10. The van der Waals surface area contributed by atoms with E-state index in [1.54, 1.807) is 0 Å². The minimum absolute atomic E-state index is 0.0214. The molecule has 6 nitrogen and oxygen atoms in total. The van der Waals surface area contributed by atoms with E-state index in [0.717, 1.165) is 36.4 Å². The van der Waals surface area contributed by atoms with Crippen LogP contribution in [0, 0.1) is 6.92 Å². The van der Waals surface area contributed by atoms with Gasteiger partial charge >= 0.3 is 0 Å². The lowest BCUT2D eigenvalue weighted by molar-refractivity contribution is 0.109. The Kier molecular flexibility index (Phi) is 3.11. The van der Waals surface area contributed by atoms with Crippen LogP contribution in [-0.4, -0.2) is 27.8 Å². The van der Waals surface area contributed by atoms with Gasteiger partial charge in [-0.2, -0.15) is 0 Å². The highest BCUT2D eigenvalue weighted by atomic mass is 16.5. The first-order chi connectivity index (χ1) is 10.3. The van der Waals surface area contributed by atoms with Crippen LogP contribution in [0.4, 0.5) is 5.95 Å². The molecule has 1 aliphatic carbocycles. The van der Waals surface area contributed by atoms with Gasteiger partial charge in [0.15, 0.2) is 5.76 Å². The van der Waals surface area contributed by atoms with Crippen molar-refractivity contribution in [1.29, 1.82) is 0 Å². The molecule has 6 heteroatoms. The third-order valence-corrected chi connectivity index (χ3v) is 3.86. The van der Waals surface area contributed by atoms with E-state index in [-0.39, 0.29) is 6.10 Å². The number of nitrogens with zero attached hydrogens (tertiary/aromatic N) is 3. The van der Waals surface area contributed by atoms with Crippen molar-refractivity contribution in [3.05, 3.63) is 23.7 Å². The fourth-order valence-electron chi connectivity index (χ4n) is 2.59. The van der Waals surface area contributed by atoms with Gasteiger partial charge in [0.2, 0.25) is 5.95 Å². The normalized spacial score (nSPS) is 21.7. The van der Waals surface area contributed by atoms with Crippen molar-refractivity contribution in [3.8, 4) is 11.3 Å². The highest BCUT2D eigenvalue weighted by Gasteiger charge is 2.27. The van der Waals surface area contributed by atoms with E-state index >= 15 is 0 Å². The van der Waals surface area contributed by atoms with Crippen LogP contribution in [0.15, 0.2) is 16.8 Å². The Balaban J connectivity index is 1.73. The molecule has 1 unspecified atom stereocenters. The molecule has 110 valence electrons. The summed E-state index contributed by atoms with van der Waals surface area (Å²) in [5.41, 5.74) is 2.63. The first kappa shape index (κ1) is 12.8. The fourth-order valence-corrected chi connectivity index (χ4v) is 2.59. The molecule has 1 saturated carbocycles. The first-order valence-electron chi connectivity index (χ1n) is 7.48. The molecule has 0 radical (unpaired) electrons. The maximum Gasteiger partial charge on any atom is 0.223 e. The lowest BCUT2D eigenvalue weighted by atomic mass is 10.1. The third-order valence-electron chi connectivity index (χ3n) is 3.86. The Labute approximate surface area is 122 Å².